The van der Waals surface area contributed by atoms with E-state index in [1.807, 2.05) is 0 Å². The molecule has 1 aromatic heterocycles. The Balaban J connectivity index is 2.90. The van der Waals surface area contributed by atoms with Crippen LogP contribution >= 0.6 is 11.3 Å². The van der Waals surface area contributed by atoms with Crippen molar-refractivity contribution in [1.82, 2.24) is 4.98 Å². The summed E-state index contributed by atoms with van der Waals surface area (Å²) >= 11 is 0.863. The van der Waals surface area contributed by atoms with Gasteiger partial charge < -0.3 is 15.8 Å². The molecule has 0 atom stereocenters. The van der Waals surface area contributed by atoms with Crippen LogP contribution in [0.3, 0.4) is 0 Å². The molecule has 5 nitrogen and oxygen atoms in total. The highest BCUT2D eigenvalue weighted by Gasteiger charge is 2.16. The number of hydrogen-bond donors (Lipinski definition) is 3. The van der Waals surface area contributed by atoms with Crippen molar-refractivity contribution in [3.05, 3.63) is 11.2 Å². The van der Waals surface area contributed by atoms with E-state index in [1.54, 1.807) is 0 Å². The number of carbonyl (C=O) groups is 1. The summed E-state index contributed by atoms with van der Waals surface area (Å²) in [5.41, 5.74) is 4.87. The highest BCUT2D eigenvalue weighted by Crippen LogP contribution is 2.00. The van der Waals surface area contributed by atoms with E-state index in [0.29, 0.717) is 0 Å². The molecule has 0 unspecified atom stereocenters. The fraction of sp³-hybridized carbons (Fsp3) is 0. The molecule has 0 fully saturated rings. The summed E-state index contributed by atoms with van der Waals surface area (Å²) in [4.78, 5) is 14.0. The van der Waals surface area contributed by atoms with Crippen molar-refractivity contribution in [2.45, 2.75) is 0 Å². The number of primary amides is 1. The summed E-state index contributed by atoms with van der Waals surface area (Å²) in [7, 11) is -1.58. The second-order valence-electron chi connectivity index (χ2n) is 1.81. The highest BCUT2D eigenvalue weighted by molar-refractivity contribution is 7.23. The molecule has 1 aromatic rings. The maximum absolute atomic E-state index is 10.4. The zero-order chi connectivity index (χ0) is 8.43. The maximum atomic E-state index is 10.4. The van der Waals surface area contributed by atoms with E-state index in [1.165, 1.54) is 6.20 Å². The van der Waals surface area contributed by atoms with Crippen molar-refractivity contribution in [2.75, 3.05) is 0 Å². The number of carbonyl (C=O) groups excluding carboxylic acids is 1. The van der Waals surface area contributed by atoms with Gasteiger partial charge in [-0.1, -0.05) is 0 Å². The van der Waals surface area contributed by atoms with E-state index in [2.05, 4.69) is 4.98 Å². The number of rotatable bonds is 2. The van der Waals surface area contributed by atoms with Crippen LogP contribution in [0.5, 0.6) is 0 Å². The van der Waals surface area contributed by atoms with E-state index in [-0.39, 0.29) is 9.78 Å². The van der Waals surface area contributed by atoms with Crippen molar-refractivity contribution in [3.8, 4) is 0 Å². The SMILES string of the molecule is NC(=O)c1ncc(B(O)O)s1. The molecular weight excluding hydrogens is 167 g/mol. The summed E-state index contributed by atoms with van der Waals surface area (Å²) in [5.74, 6) is -0.665. The van der Waals surface area contributed by atoms with Gasteiger partial charge in [0.15, 0.2) is 5.01 Å². The summed E-state index contributed by atoms with van der Waals surface area (Å²) in [5, 5.41) is 17.3. The topological polar surface area (TPSA) is 96.4 Å². The number of amides is 1. The molecular formula is C4H5BN2O3S. The Labute approximate surface area is 66.6 Å². The fourth-order valence-electron chi connectivity index (χ4n) is 0.520. The van der Waals surface area contributed by atoms with Gasteiger partial charge in [0.1, 0.15) is 0 Å². The predicted molar refractivity (Wildman–Crippen MR) is 40.5 cm³/mol. The smallest absolute Gasteiger partial charge is 0.423 e. The van der Waals surface area contributed by atoms with Crippen LogP contribution in [-0.4, -0.2) is 28.1 Å². The zero-order valence-electron chi connectivity index (χ0n) is 5.39. The minimum absolute atomic E-state index is 0.0769. The minimum atomic E-state index is -1.58. The number of hydrogen-bond acceptors (Lipinski definition) is 5. The monoisotopic (exact) mass is 172 g/mol. The first-order valence-electron chi connectivity index (χ1n) is 2.73. The number of aromatic nitrogens is 1. The van der Waals surface area contributed by atoms with E-state index in [0.717, 1.165) is 11.3 Å². The Bertz CT molecular complexity index is 274. The molecule has 7 heteroatoms. The van der Waals surface area contributed by atoms with Gasteiger partial charge in [0, 0.05) is 6.20 Å². The summed E-state index contributed by atoms with van der Waals surface area (Å²) in [6, 6.07) is 0. The van der Waals surface area contributed by atoms with Gasteiger partial charge in [-0.15, -0.1) is 11.3 Å². The lowest BCUT2D eigenvalue weighted by atomic mass is 9.91. The average molecular weight is 172 g/mol. The molecule has 1 heterocycles. The van der Waals surface area contributed by atoms with Crippen molar-refractivity contribution in [2.24, 2.45) is 5.73 Å². The quantitative estimate of drug-likeness (QED) is 0.446. The third kappa shape index (κ3) is 1.76. The Kier molecular flexibility index (Phi) is 2.23. The Morgan fingerprint density at radius 2 is 2.36 bits per heavy atom. The molecule has 0 bridgehead atoms. The molecule has 1 amide bonds. The van der Waals surface area contributed by atoms with Crippen LogP contribution in [-0.2, 0) is 0 Å². The van der Waals surface area contributed by atoms with Gasteiger partial charge in [-0.05, 0) is 0 Å². The van der Waals surface area contributed by atoms with E-state index in [4.69, 9.17) is 15.8 Å². The van der Waals surface area contributed by atoms with Gasteiger partial charge in [-0.2, -0.15) is 0 Å². The third-order valence-electron chi connectivity index (χ3n) is 0.989. The lowest BCUT2D eigenvalue weighted by Crippen LogP contribution is -2.26. The largest absolute Gasteiger partial charge is 0.500 e. The number of nitrogens with two attached hydrogens (primary N) is 1. The standard InChI is InChI=1S/C4H5BN2O3S/c6-3(8)4-7-1-2(11-4)5(9)10/h1,9-10H,(H2,6,8). The molecule has 0 aromatic carbocycles. The zero-order valence-corrected chi connectivity index (χ0v) is 6.21. The van der Waals surface area contributed by atoms with Crippen LogP contribution in [0.25, 0.3) is 0 Å². The third-order valence-corrected chi connectivity index (χ3v) is 2.04. The molecule has 4 N–H and O–H groups in total. The average Bonchev–Trinajstić information content (AvgIpc) is 2.33. The Morgan fingerprint density at radius 3 is 2.64 bits per heavy atom. The number of thiazole rings is 1. The lowest BCUT2D eigenvalue weighted by molar-refractivity contribution is 0.1000. The normalized spacial score (nSPS) is 9.64. The molecule has 0 saturated heterocycles. The molecule has 11 heavy (non-hydrogen) atoms. The fourth-order valence-corrected chi connectivity index (χ4v) is 1.16. The minimum Gasteiger partial charge on any atom is -0.423 e. The van der Waals surface area contributed by atoms with Gasteiger partial charge in [-0.25, -0.2) is 4.98 Å². The molecule has 0 radical (unpaired) electrons. The van der Waals surface area contributed by atoms with Crippen LogP contribution in [0.1, 0.15) is 9.80 Å². The number of nitrogens with zero attached hydrogens (tertiary/aromatic N) is 1. The van der Waals surface area contributed by atoms with E-state index in [9.17, 15) is 4.79 Å². The maximum Gasteiger partial charge on any atom is 0.500 e. The molecule has 0 saturated carbocycles. The van der Waals surface area contributed by atoms with Crippen LogP contribution in [0.4, 0.5) is 0 Å². The van der Waals surface area contributed by atoms with Gasteiger partial charge in [0.25, 0.3) is 5.91 Å². The first kappa shape index (κ1) is 8.18. The highest BCUT2D eigenvalue weighted by atomic mass is 32.1. The second-order valence-corrected chi connectivity index (χ2v) is 2.87. The van der Waals surface area contributed by atoms with Gasteiger partial charge in [0.2, 0.25) is 0 Å². The molecule has 1 rings (SSSR count). The van der Waals surface area contributed by atoms with Crippen molar-refractivity contribution < 1.29 is 14.8 Å². The Morgan fingerprint density at radius 1 is 1.73 bits per heavy atom. The van der Waals surface area contributed by atoms with Gasteiger partial charge >= 0.3 is 7.12 Å². The lowest BCUT2D eigenvalue weighted by Gasteiger charge is -1.87. The van der Waals surface area contributed by atoms with Crippen molar-refractivity contribution >= 4 is 29.1 Å². The first-order chi connectivity index (χ1) is 5.11. The van der Waals surface area contributed by atoms with Crippen LogP contribution < -0.4 is 10.5 Å². The van der Waals surface area contributed by atoms with Crippen LogP contribution in [0.15, 0.2) is 6.20 Å². The van der Waals surface area contributed by atoms with Crippen LogP contribution in [0, 0.1) is 0 Å². The van der Waals surface area contributed by atoms with Gasteiger partial charge in [0.05, 0.1) is 4.78 Å². The van der Waals surface area contributed by atoms with Crippen LogP contribution in [0.2, 0.25) is 0 Å². The summed E-state index contributed by atoms with van der Waals surface area (Å²) in [6.07, 6.45) is 1.20. The van der Waals surface area contributed by atoms with Crippen molar-refractivity contribution in [3.63, 3.8) is 0 Å². The second kappa shape index (κ2) is 2.99. The summed E-state index contributed by atoms with van der Waals surface area (Å²) < 4.78 is 0.207. The predicted octanol–water partition coefficient (Wildman–Crippen LogP) is -2.08. The molecule has 0 aliphatic rings. The molecule has 0 aliphatic carbocycles. The first-order valence-corrected chi connectivity index (χ1v) is 3.54. The summed E-state index contributed by atoms with van der Waals surface area (Å²) in [6.45, 7) is 0. The molecule has 58 valence electrons. The van der Waals surface area contributed by atoms with E-state index < -0.39 is 13.0 Å². The van der Waals surface area contributed by atoms with Gasteiger partial charge in [-0.3, -0.25) is 4.79 Å². The van der Waals surface area contributed by atoms with Crippen molar-refractivity contribution in [1.29, 1.82) is 0 Å². The Hall–Kier alpha value is -0.915. The molecule has 0 aliphatic heterocycles. The molecule has 0 spiro atoms. The van der Waals surface area contributed by atoms with E-state index >= 15 is 0 Å².